The number of hydrogen-bond acceptors (Lipinski definition) is 1. The Labute approximate surface area is 121 Å². The minimum absolute atomic E-state index is 0.201. The highest BCUT2D eigenvalue weighted by atomic mass is 32.1. The van der Waals surface area contributed by atoms with Gasteiger partial charge in [0, 0.05) is 9.75 Å². The maximum absolute atomic E-state index is 2.39. The Bertz CT molecular complexity index is 516. The number of hydrogen-bond donors (Lipinski definition) is 0. The highest BCUT2D eigenvalue weighted by Gasteiger charge is 2.28. The number of rotatable bonds is 1. The zero-order valence-corrected chi connectivity index (χ0v) is 13.7. The minimum atomic E-state index is 0.201. The molecule has 0 aliphatic rings. The van der Waals surface area contributed by atoms with Crippen molar-refractivity contribution in [2.24, 2.45) is 0 Å². The predicted octanol–water partition coefficient (Wildman–Crippen LogP) is 6.01. The van der Waals surface area contributed by atoms with Crippen molar-refractivity contribution in [3.8, 4) is 10.4 Å². The molecule has 0 N–H and O–H groups in total. The quantitative estimate of drug-likeness (QED) is 0.596. The largest absolute Gasteiger partial charge is 0.139 e. The maximum atomic E-state index is 2.39. The average Bonchev–Trinajstić information content (AvgIpc) is 2.74. The summed E-state index contributed by atoms with van der Waals surface area (Å²) in [5.41, 5.74) is 3.23. The van der Waals surface area contributed by atoms with Crippen LogP contribution in [0.15, 0.2) is 36.4 Å². The lowest BCUT2D eigenvalue weighted by Gasteiger charge is -2.26. The molecular weight excluding hydrogens is 248 g/mol. The Hall–Kier alpha value is -1.08. The van der Waals surface area contributed by atoms with E-state index in [1.165, 1.54) is 20.9 Å². The Morgan fingerprint density at radius 2 is 1.37 bits per heavy atom. The van der Waals surface area contributed by atoms with Crippen molar-refractivity contribution in [1.29, 1.82) is 0 Å². The van der Waals surface area contributed by atoms with Crippen LogP contribution < -0.4 is 0 Å². The fraction of sp³-hybridized carbons (Fsp3) is 0.444. The Morgan fingerprint density at radius 1 is 0.789 bits per heavy atom. The Kier molecular flexibility index (Phi) is 3.61. The van der Waals surface area contributed by atoms with Crippen molar-refractivity contribution in [3.05, 3.63) is 46.8 Å². The van der Waals surface area contributed by atoms with E-state index in [9.17, 15) is 0 Å². The summed E-state index contributed by atoms with van der Waals surface area (Å²) >= 11 is 1.95. The van der Waals surface area contributed by atoms with E-state index >= 15 is 0 Å². The van der Waals surface area contributed by atoms with Crippen molar-refractivity contribution < 1.29 is 0 Å². The van der Waals surface area contributed by atoms with Crippen LogP contribution in [-0.2, 0) is 10.8 Å². The van der Waals surface area contributed by atoms with Crippen molar-refractivity contribution in [2.45, 2.75) is 52.4 Å². The molecule has 0 unspecified atom stereocenters. The second-order valence-corrected chi connectivity index (χ2v) is 8.27. The van der Waals surface area contributed by atoms with Crippen molar-refractivity contribution in [2.75, 3.05) is 0 Å². The third kappa shape index (κ3) is 3.09. The van der Waals surface area contributed by atoms with E-state index in [-0.39, 0.29) is 10.8 Å². The molecule has 0 saturated carbocycles. The van der Waals surface area contributed by atoms with Crippen LogP contribution in [0.3, 0.4) is 0 Å². The summed E-state index contributed by atoms with van der Waals surface area (Å²) in [5.74, 6) is 0. The fourth-order valence-corrected chi connectivity index (χ4v) is 3.68. The standard InChI is InChI=1S/C18H24S/c1-17(2,3)14-12-15(13-10-8-7-9-11-13)19-16(14)18(4,5)6/h7-12H,1-6H3. The molecule has 0 saturated heterocycles. The van der Waals surface area contributed by atoms with Gasteiger partial charge in [0.05, 0.1) is 0 Å². The SMILES string of the molecule is CC(C)(C)c1cc(-c2ccccc2)sc1C(C)(C)C. The van der Waals surface area contributed by atoms with Gasteiger partial charge < -0.3 is 0 Å². The molecule has 102 valence electrons. The Morgan fingerprint density at radius 3 is 1.79 bits per heavy atom. The molecule has 1 aromatic carbocycles. The van der Waals surface area contributed by atoms with Gasteiger partial charge in [0.1, 0.15) is 0 Å². The molecule has 0 atom stereocenters. The zero-order chi connectivity index (χ0) is 14.3. The lowest BCUT2D eigenvalue weighted by molar-refractivity contribution is 0.542. The lowest BCUT2D eigenvalue weighted by atomic mass is 9.80. The summed E-state index contributed by atoms with van der Waals surface area (Å²) in [7, 11) is 0. The zero-order valence-electron chi connectivity index (χ0n) is 12.9. The summed E-state index contributed by atoms with van der Waals surface area (Å²) in [4.78, 5) is 2.90. The first kappa shape index (κ1) is 14.3. The third-order valence-corrected chi connectivity index (χ3v) is 4.89. The minimum Gasteiger partial charge on any atom is -0.139 e. The van der Waals surface area contributed by atoms with E-state index in [2.05, 4.69) is 77.9 Å². The number of benzene rings is 1. The van der Waals surface area contributed by atoms with E-state index in [4.69, 9.17) is 0 Å². The predicted molar refractivity (Wildman–Crippen MR) is 87.2 cm³/mol. The molecule has 0 aliphatic carbocycles. The molecule has 19 heavy (non-hydrogen) atoms. The van der Waals surface area contributed by atoms with Crippen LogP contribution in [0.2, 0.25) is 0 Å². The van der Waals surface area contributed by atoms with Gasteiger partial charge in [-0.15, -0.1) is 11.3 Å². The first-order chi connectivity index (χ1) is 8.69. The van der Waals surface area contributed by atoms with Crippen LogP contribution in [0.4, 0.5) is 0 Å². The van der Waals surface area contributed by atoms with E-state index in [1.54, 1.807) is 0 Å². The Balaban J connectivity index is 2.59. The van der Waals surface area contributed by atoms with Gasteiger partial charge in [-0.25, -0.2) is 0 Å². The monoisotopic (exact) mass is 272 g/mol. The first-order valence-electron chi connectivity index (χ1n) is 6.90. The number of thiophene rings is 1. The van der Waals surface area contributed by atoms with Crippen LogP contribution in [0.5, 0.6) is 0 Å². The summed E-state index contributed by atoms with van der Waals surface area (Å²) in [6, 6.07) is 13.1. The average molecular weight is 272 g/mol. The smallest absolute Gasteiger partial charge is 0.0348 e. The van der Waals surface area contributed by atoms with Gasteiger partial charge >= 0.3 is 0 Å². The van der Waals surface area contributed by atoms with E-state index in [0.717, 1.165) is 0 Å². The second-order valence-electron chi connectivity index (χ2n) is 7.22. The van der Waals surface area contributed by atoms with Crippen LogP contribution in [0.25, 0.3) is 10.4 Å². The van der Waals surface area contributed by atoms with Crippen molar-refractivity contribution >= 4 is 11.3 Å². The van der Waals surface area contributed by atoms with Crippen LogP contribution in [0, 0.1) is 0 Å². The summed E-state index contributed by atoms with van der Waals surface area (Å²) in [6.45, 7) is 13.8. The highest BCUT2D eigenvalue weighted by Crippen LogP contribution is 2.43. The fourth-order valence-electron chi connectivity index (χ4n) is 2.25. The third-order valence-electron chi connectivity index (χ3n) is 3.28. The molecular formula is C18H24S. The van der Waals surface area contributed by atoms with Crippen LogP contribution >= 0.6 is 11.3 Å². The van der Waals surface area contributed by atoms with Crippen LogP contribution in [0.1, 0.15) is 52.0 Å². The van der Waals surface area contributed by atoms with Crippen molar-refractivity contribution in [3.63, 3.8) is 0 Å². The van der Waals surface area contributed by atoms with Crippen LogP contribution in [-0.4, -0.2) is 0 Å². The summed E-state index contributed by atoms with van der Waals surface area (Å²) in [6.07, 6.45) is 0. The lowest BCUT2D eigenvalue weighted by Crippen LogP contribution is -2.19. The van der Waals surface area contributed by atoms with Gasteiger partial charge in [-0.05, 0) is 28.0 Å². The molecule has 0 aliphatic heterocycles. The second kappa shape index (κ2) is 4.79. The normalized spacial score (nSPS) is 12.7. The summed E-state index contributed by atoms with van der Waals surface area (Å²) < 4.78 is 0. The molecule has 1 heteroatoms. The van der Waals surface area contributed by atoms with Gasteiger partial charge in [0.2, 0.25) is 0 Å². The van der Waals surface area contributed by atoms with Gasteiger partial charge in [0.15, 0.2) is 0 Å². The summed E-state index contributed by atoms with van der Waals surface area (Å²) in [5, 5.41) is 0. The van der Waals surface area contributed by atoms with Gasteiger partial charge in [0.25, 0.3) is 0 Å². The van der Waals surface area contributed by atoms with E-state index in [0.29, 0.717) is 0 Å². The highest BCUT2D eigenvalue weighted by molar-refractivity contribution is 7.15. The van der Waals surface area contributed by atoms with Gasteiger partial charge in [-0.1, -0.05) is 71.9 Å². The molecule has 0 spiro atoms. The molecule has 0 nitrogen and oxygen atoms in total. The van der Waals surface area contributed by atoms with E-state index < -0.39 is 0 Å². The molecule has 2 aromatic rings. The molecule has 0 amide bonds. The van der Waals surface area contributed by atoms with Gasteiger partial charge in [-0.3, -0.25) is 0 Å². The van der Waals surface area contributed by atoms with Crippen molar-refractivity contribution in [1.82, 2.24) is 0 Å². The maximum Gasteiger partial charge on any atom is 0.0348 e. The van der Waals surface area contributed by atoms with Gasteiger partial charge in [-0.2, -0.15) is 0 Å². The molecule has 0 fully saturated rings. The molecule has 1 heterocycles. The molecule has 0 radical (unpaired) electrons. The molecule has 0 bridgehead atoms. The molecule has 2 rings (SSSR count). The topological polar surface area (TPSA) is 0 Å². The van der Waals surface area contributed by atoms with E-state index in [1.807, 2.05) is 11.3 Å². The first-order valence-corrected chi connectivity index (χ1v) is 7.71. The molecule has 1 aromatic heterocycles.